The maximum Gasteiger partial charge on any atom is 0.0582 e. The highest BCUT2D eigenvalue weighted by Crippen LogP contribution is 2.26. The van der Waals surface area contributed by atoms with Crippen molar-refractivity contribution in [3.63, 3.8) is 0 Å². The van der Waals surface area contributed by atoms with E-state index in [1.165, 1.54) is 11.1 Å². The van der Waals surface area contributed by atoms with Crippen LogP contribution in [0.5, 0.6) is 0 Å². The molecule has 16 heavy (non-hydrogen) atoms. The topological polar surface area (TPSA) is 32.3 Å². The van der Waals surface area contributed by atoms with E-state index >= 15 is 0 Å². The minimum absolute atomic E-state index is 0.0766. The van der Waals surface area contributed by atoms with Gasteiger partial charge in [-0.15, -0.1) is 0 Å². The summed E-state index contributed by atoms with van der Waals surface area (Å²) in [6, 6.07) is 4.33. The second kappa shape index (κ2) is 5.67. The summed E-state index contributed by atoms with van der Waals surface area (Å²) >= 11 is 6.22. The molecule has 0 heterocycles. The lowest BCUT2D eigenvalue weighted by atomic mass is 10.0. The molecule has 2 N–H and O–H groups in total. The highest BCUT2D eigenvalue weighted by Gasteiger charge is 2.13. The molecule has 0 aliphatic heterocycles. The third kappa shape index (κ3) is 3.21. The van der Waals surface area contributed by atoms with Crippen LogP contribution in [0.15, 0.2) is 12.1 Å². The van der Waals surface area contributed by atoms with E-state index in [0.717, 1.165) is 10.6 Å². The monoisotopic (exact) mass is 241 g/mol. The summed E-state index contributed by atoms with van der Waals surface area (Å²) in [6.45, 7) is 8.27. The molecule has 0 amide bonds. The fraction of sp³-hybridized carbons (Fsp3) is 0.538. The van der Waals surface area contributed by atoms with E-state index in [9.17, 15) is 0 Å². The zero-order valence-electron chi connectivity index (χ0n) is 10.3. The van der Waals surface area contributed by atoms with Crippen LogP contribution in [0.1, 0.15) is 36.6 Å². The van der Waals surface area contributed by atoms with Gasteiger partial charge in [0.05, 0.1) is 6.61 Å². The Hall–Kier alpha value is -0.570. The Balaban J connectivity index is 2.91. The number of halogens is 1. The minimum atomic E-state index is 0.0766. The molecule has 3 heteroatoms. The Morgan fingerprint density at radius 3 is 2.38 bits per heavy atom. The lowest BCUT2D eigenvalue weighted by molar-refractivity contribution is 0.243. The second-order valence-corrected chi connectivity index (χ2v) is 4.84. The molecule has 1 unspecified atom stereocenters. The summed E-state index contributed by atoms with van der Waals surface area (Å²) < 4.78 is 0. The first-order valence-corrected chi connectivity index (χ1v) is 5.97. The summed E-state index contributed by atoms with van der Waals surface area (Å²) in [5.41, 5.74) is 3.53. The van der Waals surface area contributed by atoms with E-state index in [2.05, 4.69) is 32.2 Å². The zero-order chi connectivity index (χ0) is 12.3. The van der Waals surface area contributed by atoms with Crippen molar-refractivity contribution in [3.05, 3.63) is 33.8 Å². The molecule has 0 saturated heterocycles. The quantitative estimate of drug-likeness (QED) is 0.850. The molecular formula is C13H20ClNO. The molecule has 0 aromatic heterocycles. The minimum Gasteiger partial charge on any atom is -0.395 e. The Kier molecular flexibility index (Phi) is 4.78. The third-order valence-electron chi connectivity index (χ3n) is 2.89. The number of aliphatic hydroxyl groups is 1. The number of hydrogen-bond acceptors (Lipinski definition) is 2. The van der Waals surface area contributed by atoms with Crippen molar-refractivity contribution in [2.75, 3.05) is 6.61 Å². The molecule has 0 fully saturated rings. The van der Waals surface area contributed by atoms with Crippen LogP contribution in [0, 0.1) is 13.8 Å². The second-order valence-electron chi connectivity index (χ2n) is 4.43. The zero-order valence-corrected chi connectivity index (χ0v) is 11.1. The maximum absolute atomic E-state index is 9.00. The highest BCUT2D eigenvalue weighted by atomic mass is 35.5. The van der Waals surface area contributed by atoms with Crippen LogP contribution >= 0.6 is 11.6 Å². The van der Waals surface area contributed by atoms with E-state index in [1.54, 1.807) is 0 Å². The van der Waals surface area contributed by atoms with Crippen LogP contribution in [0.25, 0.3) is 0 Å². The van der Waals surface area contributed by atoms with Gasteiger partial charge in [0.2, 0.25) is 0 Å². The summed E-state index contributed by atoms with van der Waals surface area (Å²) in [5.74, 6) is 0. The van der Waals surface area contributed by atoms with Crippen molar-refractivity contribution >= 4 is 11.6 Å². The molecule has 0 bridgehead atoms. The first-order valence-electron chi connectivity index (χ1n) is 5.59. The van der Waals surface area contributed by atoms with Crippen molar-refractivity contribution in [3.8, 4) is 0 Å². The van der Waals surface area contributed by atoms with Gasteiger partial charge in [0.25, 0.3) is 0 Å². The van der Waals surface area contributed by atoms with Crippen molar-refractivity contribution in [2.24, 2.45) is 0 Å². The predicted octanol–water partition coefficient (Wildman–Crippen LogP) is 2.99. The molecule has 0 saturated carbocycles. The first-order chi connectivity index (χ1) is 7.45. The fourth-order valence-corrected chi connectivity index (χ4v) is 2.09. The van der Waals surface area contributed by atoms with E-state index in [1.807, 2.05) is 13.0 Å². The lowest BCUT2D eigenvalue weighted by Crippen LogP contribution is -2.31. The number of aryl methyl sites for hydroxylation is 2. The van der Waals surface area contributed by atoms with Crippen molar-refractivity contribution in [2.45, 2.75) is 39.8 Å². The standard InChI is InChI=1S/C13H20ClNO/c1-8-5-12(13(14)6-9(8)2)11(4)15-10(3)7-16/h5-6,10-11,15-16H,7H2,1-4H3/t10-,11?/m0/s1. The van der Waals surface area contributed by atoms with Gasteiger partial charge in [-0.3, -0.25) is 0 Å². The first kappa shape index (κ1) is 13.5. The molecule has 1 rings (SSSR count). The van der Waals surface area contributed by atoms with Gasteiger partial charge in [-0.05, 0) is 50.5 Å². The summed E-state index contributed by atoms with van der Waals surface area (Å²) in [5, 5.41) is 13.1. The normalized spacial score (nSPS) is 14.9. The highest BCUT2D eigenvalue weighted by molar-refractivity contribution is 6.31. The average Bonchev–Trinajstić information content (AvgIpc) is 2.23. The van der Waals surface area contributed by atoms with Crippen molar-refractivity contribution < 1.29 is 5.11 Å². The number of benzene rings is 1. The van der Waals surface area contributed by atoms with Gasteiger partial charge in [0.1, 0.15) is 0 Å². The van der Waals surface area contributed by atoms with Crippen LogP contribution in [0.2, 0.25) is 5.02 Å². The van der Waals surface area contributed by atoms with E-state index in [-0.39, 0.29) is 18.7 Å². The summed E-state index contributed by atoms with van der Waals surface area (Å²) in [4.78, 5) is 0. The number of aliphatic hydroxyl groups excluding tert-OH is 1. The predicted molar refractivity (Wildman–Crippen MR) is 69.0 cm³/mol. The molecular weight excluding hydrogens is 222 g/mol. The van der Waals surface area contributed by atoms with Crippen molar-refractivity contribution in [1.29, 1.82) is 0 Å². The molecule has 2 atom stereocenters. The van der Waals surface area contributed by atoms with Crippen LogP contribution in [-0.4, -0.2) is 17.8 Å². The van der Waals surface area contributed by atoms with Crippen LogP contribution in [-0.2, 0) is 0 Å². The molecule has 0 aliphatic carbocycles. The van der Waals surface area contributed by atoms with Gasteiger partial charge in [-0.25, -0.2) is 0 Å². The van der Waals surface area contributed by atoms with Gasteiger partial charge in [-0.1, -0.05) is 17.7 Å². The molecule has 90 valence electrons. The smallest absolute Gasteiger partial charge is 0.0582 e. The van der Waals surface area contributed by atoms with E-state index < -0.39 is 0 Å². The Morgan fingerprint density at radius 1 is 1.25 bits per heavy atom. The number of rotatable bonds is 4. The van der Waals surface area contributed by atoms with Crippen molar-refractivity contribution in [1.82, 2.24) is 5.32 Å². The molecule has 1 aromatic carbocycles. The molecule has 0 spiro atoms. The Morgan fingerprint density at radius 2 is 1.81 bits per heavy atom. The summed E-state index contributed by atoms with van der Waals surface area (Å²) in [7, 11) is 0. The maximum atomic E-state index is 9.00. The van der Waals surface area contributed by atoms with E-state index in [0.29, 0.717) is 0 Å². The fourth-order valence-electron chi connectivity index (χ4n) is 1.70. The van der Waals surface area contributed by atoms with Crippen LogP contribution in [0.3, 0.4) is 0 Å². The summed E-state index contributed by atoms with van der Waals surface area (Å²) in [6.07, 6.45) is 0. The van der Waals surface area contributed by atoms with Gasteiger partial charge in [-0.2, -0.15) is 0 Å². The molecule has 0 radical (unpaired) electrons. The Bertz CT molecular complexity index is 365. The van der Waals surface area contributed by atoms with Crippen LogP contribution in [0.4, 0.5) is 0 Å². The van der Waals surface area contributed by atoms with Gasteiger partial charge >= 0.3 is 0 Å². The average molecular weight is 242 g/mol. The number of hydrogen-bond donors (Lipinski definition) is 2. The Labute approximate surface area is 103 Å². The molecule has 1 aromatic rings. The molecule has 0 aliphatic rings. The third-order valence-corrected chi connectivity index (χ3v) is 3.22. The SMILES string of the molecule is Cc1cc(Cl)c(C(C)N[C@@H](C)CO)cc1C. The molecule has 2 nitrogen and oxygen atoms in total. The van der Waals surface area contributed by atoms with Crippen LogP contribution < -0.4 is 5.32 Å². The van der Waals surface area contributed by atoms with Gasteiger partial charge in [0, 0.05) is 17.1 Å². The van der Waals surface area contributed by atoms with Gasteiger partial charge < -0.3 is 10.4 Å². The largest absolute Gasteiger partial charge is 0.395 e. The lowest BCUT2D eigenvalue weighted by Gasteiger charge is -2.20. The van der Waals surface area contributed by atoms with E-state index in [4.69, 9.17) is 16.7 Å². The number of nitrogens with one attached hydrogen (secondary N) is 1. The van der Waals surface area contributed by atoms with Gasteiger partial charge in [0.15, 0.2) is 0 Å².